The van der Waals surface area contributed by atoms with Crippen LogP contribution in [0.15, 0.2) is 18.2 Å². The van der Waals surface area contributed by atoms with Gasteiger partial charge in [-0.1, -0.05) is 0 Å². The summed E-state index contributed by atoms with van der Waals surface area (Å²) in [6.07, 6.45) is -6.02. The lowest BCUT2D eigenvalue weighted by molar-refractivity contribution is -0.303. The molecule has 0 aromatic heterocycles. The van der Waals surface area contributed by atoms with Crippen molar-refractivity contribution in [3.05, 3.63) is 23.8 Å². The highest BCUT2D eigenvalue weighted by atomic mass is 19.4. The Bertz CT molecular complexity index is 726. The number of anilines is 1. The van der Waals surface area contributed by atoms with Crippen LogP contribution in [0.5, 0.6) is 5.75 Å². The molecular formula is C16H18F3NO8. The molecule has 1 N–H and O–H groups in total. The third-order valence-electron chi connectivity index (χ3n) is 3.80. The van der Waals surface area contributed by atoms with Crippen LogP contribution >= 0.6 is 0 Å². The zero-order valence-corrected chi connectivity index (χ0v) is 15.1. The minimum Gasteiger partial charge on any atom is -0.406 e. The number of Topliss-reactive ketones (excluding diaryl/α,β-unsaturated/α-hetero) is 1. The fourth-order valence-corrected chi connectivity index (χ4v) is 2.60. The molecule has 1 heterocycles. The lowest BCUT2D eigenvalue weighted by atomic mass is 10.1. The van der Waals surface area contributed by atoms with Crippen LogP contribution in [-0.2, 0) is 23.7 Å². The minimum absolute atomic E-state index is 0.0838. The molecule has 2 rings (SSSR count). The molecule has 1 aliphatic rings. The first-order valence-electron chi connectivity index (χ1n) is 7.83. The molecule has 1 aromatic carbocycles. The molecule has 1 aliphatic heterocycles. The number of fused-ring (bicyclic) bond motifs is 1. The average molecular weight is 409 g/mol. The van der Waals surface area contributed by atoms with Crippen molar-refractivity contribution in [3.63, 3.8) is 0 Å². The number of amides is 1. The predicted octanol–water partition coefficient (Wildman–Crippen LogP) is 1.39. The van der Waals surface area contributed by atoms with E-state index in [1.165, 1.54) is 21.1 Å². The van der Waals surface area contributed by atoms with E-state index in [2.05, 4.69) is 9.47 Å². The molecule has 0 bridgehead atoms. The molecule has 28 heavy (non-hydrogen) atoms. The lowest BCUT2D eigenvalue weighted by Gasteiger charge is -2.30. The molecule has 3 atom stereocenters. The van der Waals surface area contributed by atoms with E-state index in [0.717, 1.165) is 23.1 Å². The second-order valence-corrected chi connectivity index (χ2v) is 5.57. The summed E-state index contributed by atoms with van der Waals surface area (Å²) < 4.78 is 60.5. The number of ether oxygens (including phenoxy) is 5. The largest absolute Gasteiger partial charge is 0.573 e. The molecular weight excluding hydrogens is 391 g/mol. The van der Waals surface area contributed by atoms with E-state index < -0.39 is 49.4 Å². The summed E-state index contributed by atoms with van der Waals surface area (Å²) in [5.41, 5.74) is -0.153. The number of aliphatic hydroxyl groups excluding tert-OH is 1. The Hall–Kier alpha value is -2.25. The van der Waals surface area contributed by atoms with E-state index in [1.807, 2.05) is 0 Å². The summed E-state index contributed by atoms with van der Waals surface area (Å²) >= 11 is 0. The molecule has 0 fully saturated rings. The van der Waals surface area contributed by atoms with Crippen LogP contribution in [0.25, 0.3) is 0 Å². The first-order chi connectivity index (χ1) is 13.1. The zero-order valence-electron chi connectivity index (χ0n) is 15.1. The summed E-state index contributed by atoms with van der Waals surface area (Å²) in [5.74, 6) is -2.58. The number of aliphatic hydroxyl groups is 1. The molecule has 156 valence electrons. The lowest BCUT2D eigenvalue weighted by Crippen LogP contribution is -2.47. The Balaban J connectivity index is 2.19. The van der Waals surface area contributed by atoms with Crippen molar-refractivity contribution >= 4 is 17.4 Å². The Morgan fingerprint density at radius 1 is 1.14 bits per heavy atom. The van der Waals surface area contributed by atoms with Gasteiger partial charge in [-0.05, 0) is 25.1 Å². The summed E-state index contributed by atoms with van der Waals surface area (Å²) in [4.78, 5) is 25.6. The number of rotatable bonds is 9. The number of carbonyl (C=O) groups excluding carboxylic acids is 2. The molecule has 9 nitrogen and oxygen atoms in total. The highest BCUT2D eigenvalue weighted by molar-refractivity contribution is 6.52. The molecule has 0 saturated heterocycles. The number of hydrogen-bond acceptors (Lipinski definition) is 8. The SMILES string of the molecule is COC(O)OCOC(OC)C(C)N1C(=O)C(=O)c2cc(OC(F)(F)F)ccc21. The van der Waals surface area contributed by atoms with Crippen molar-refractivity contribution in [2.24, 2.45) is 0 Å². The number of hydrogen-bond donors (Lipinski definition) is 1. The van der Waals surface area contributed by atoms with Gasteiger partial charge in [0.15, 0.2) is 13.1 Å². The van der Waals surface area contributed by atoms with Crippen molar-refractivity contribution in [2.45, 2.75) is 32.1 Å². The summed E-state index contributed by atoms with van der Waals surface area (Å²) in [7, 11) is 2.47. The van der Waals surface area contributed by atoms with Crippen LogP contribution in [0.2, 0.25) is 0 Å². The van der Waals surface area contributed by atoms with E-state index in [0.29, 0.717) is 0 Å². The highest BCUT2D eigenvalue weighted by Gasteiger charge is 2.42. The maximum absolute atomic E-state index is 12.4. The molecule has 0 radical (unpaired) electrons. The number of alkyl halides is 3. The Labute approximate surface area is 157 Å². The van der Waals surface area contributed by atoms with E-state index in [-0.39, 0.29) is 11.3 Å². The van der Waals surface area contributed by atoms with Crippen molar-refractivity contribution in [1.82, 2.24) is 0 Å². The van der Waals surface area contributed by atoms with Crippen molar-refractivity contribution in [2.75, 3.05) is 25.9 Å². The van der Waals surface area contributed by atoms with E-state index in [9.17, 15) is 22.8 Å². The van der Waals surface area contributed by atoms with Crippen LogP contribution in [-0.4, -0.2) is 63.0 Å². The van der Waals surface area contributed by atoms with Gasteiger partial charge in [0.1, 0.15) is 5.75 Å². The standard InChI is InChI=1S/C16H18F3NO8/c1-8(14(24-2)26-7-27-15(23)25-3)20-11-5-4-9(28-16(17,18)19)6-10(11)12(21)13(20)22/h4-6,8,14-15,23H,7H2,1-3H3. The van der Waals surface area contributed by atoms with Crippen LogP contribution in [0.3, 0.4) is 0 Å². The van der Waals surface area contributed by atoms with E-state index >= 15 is 0 Å². The number of methoxy groups -OCH3 is 2. The second-order valence-electron chi connectivity index (χ2n) is 5.57. The van der Waals surface area contributed by atoms with Crippen LogP contribution in [0, 0.1) is 0 Å². The highest BCUT2D eigenvalue weighted by Crippen LogP contribution is 2.36. The van der Waals surface area contributed by atoms with Gasteiger partial charge in [-0.2, -0.15) is 0 Å². The van der Waals surface area contributed by atoms with Crippen molar-refractivity contribution in [1.29, 1.82) is 0 Å². The van der Waals surface area contributed by atoms with Gasteiger partial charge < -0.3 is 28.8 Å². The van der Waals surface area contributed by atoms with Crippen LogP contribution < -0.4 is 9.64 Å². The fourth-order valence-electron chi connectivity index (χ4n) is 2.60. The van der Waals surface area contributed by atoms with E-state index in [1.54, 1.807) is 0 Å². The molecule has 12 heteroatoms. The predicted molar refractivity (Wildman–Crippen MR) is 85.3 cm³/mol. The number of halogens is 3. The summed E-state index contributed by atoms with van der Waals surface area (Å²) in [6, 6.07) is 2.13. The topological polar surface area (TPSA) is 104 Å². The van der Waals surface area contributed by atoms with Gasteiger partial charge in [0.25, 0.3) is 18.2 Å². The first-order valence-corrected chi connectivity index (χ1v) is 7.83. The Kier molecular flexibility index (Phi) is 6.96. The van der Waals surface area contributed by atoms with Gasteiger partial charge in [0, 0.05) is 14.2 Å². The normalized spacial score (nSPS) is 17.5. The van der Waals surface area contributed by atoms with Crippen molar-refractivity contribution in [3.8, 4) is 5.75 Å². The number of nitrogens with zero attached hydrogens (tertiary/aromatic N) is 1. The maximum Gasteiger partial charge on any atom is 0.573 e. The van der Waals surface area contributed by atoms with Gasteiger partial charge >= 0.3 is 6.36 Å². The minimum atomic E-state index is -4.94. The van der Waals surface area contributed by atoms with E-state index in [4.69, 9.17) is 19.3 Å². The maximum atomic E-state index is 12.4. The Morgan fingerprint density at radius 2 is 1.82 bits per heavy atom. The first kappa shape index (κ1) is 22.0. The average Bonchev–Trinajstić information content (AvgIpc) is 2.87. The number of carbonyl (C=O) groups is 2. The molecule has 0 aliphatic carbocycles. The van der Waals surface area contributed by atoms with Gasteiger partial charge in [-0.25, -0.2) is 0 Å². The molecule has 1 amide bonds. The summed E-state index contributed by atoms with van der Waals surface area (Å²) in [5, 5.41) is 9.14. The van der Waals surface area contributed by atoms with Crippen LogP contribution in [0.4, 0.5) is 18.9 Å². The molecule has 3 unspecified atom stereocenters. The zero-order chi connectivity index (χ0) is 21.1. The van der Waals surface area contributed by atoms with Gasteiger partial charge in [-0.3, -0.25) is 14.5 Å². The van der Waals surface area contributed by atoms with Crippen molar-refractivity contribution < 1.29 is 51.6 Å². The van der Waals surface area contributed by atoms with Gasteiger partial charge in [-0.15, -0.1) is 13.2 Å². The third kappa shape index (κ3) is 4.97. The smallest absolute Gasteiger partial charge is 0.406 e. The quantitative estimate of drug-likeness (QED) is 0.482. The molecule has 0 saturated carbocycles. The second kappa shape index (κ2) is 8.84. The van der Waals surface area contributed by atoms with Crippen LogP contribution in [0.1, 0.15) is 17.3 Å². The van der Waals surface area contributed by atoms with Gasteiger partial charge in [0.05, 0.1) is 17.3 Å². The number of ketones is 1. The third-order valence-corrected chi connectivity index (χ3v) is 3.80. The Morgan fingerprint density at radius 3 is 2.39 bits per heavy atom. The fraction of sp³-hybridized carbons (Fsp3) is 0.500. The monoisotopic (exact) mass is 409 g/mol. The summed E-state index contributed by atoms with van der Waals surface area (Å²) in [6.45, 7) is -0.490. The number of benzene rings is 1. The van der Waals surface area contributed by atoms with Gasteiger partial charge in [0.2, 0.25) is 0 Å². The molecule has 0 spiro atoms. The molecule has 1 aromatic rings.